The van der Waals surface area contributed by atoms with Gasteiger partial charge in [0.2, 0.25) is 0 Å². The summed E-state index contributed by atoms with van der Waals surface area (Å²) in [6.45, 7) is 5.47. The Morgan fingerprint density at radius 3 is 2.61 bits per heavy atom. The summed E-state index contributed by atoms with van der Waals surface area (Å²) in [5.41, 5.74) is 9.94. The van der Waals surface area contributed by atoms with Crippen molar-refractivity contribution in [2.45, 2.75) is 45.6 Å². The molecule has 1 aliphatic rings. The minimum absolute atomic E-state index is 0.239. The molecule has 0 aliphatic heterocycles. The lowest BCUT2D eigenvalue weighted by Gasteiger charge is -2.32. The van der Waals surface area contributed by atoms with Gasteiger partial charge in [-0.05, 0) is 56.2 Å². The first-order valence-electron chi connectivity index (χ1n) is 7.12. The molecule has 2 heteroatoms. The van der Waals surface area contributed by atoms with E-state index in [4.69, 9.17) is 5.73 Å². The molecule has 1 aromatic carbocycles. The molecule has 0 saturated heterocycles. The Bertz CT molecular complexity index is 394. The van der Waals surface area contributed by atoms with Gasteiger partial charge in [0.25, 0.3) is 0 Å². The molecule has 0 heterocycles. The van der Waals surface area contributed by atoms with E-state index in [0.29, 0.717) is 0 Å². The average Bonchev–Trinajstić information content (AvgIpc) is 2.22. The minimum atomic E-state index is 0.239. The van der Waals surface area contributed by atoms with Gasteiger partial charge in [0, 0.05) is 25.3 Å². The van der Waals surface area contributed by atoms with Gasteiger partial charge in [0.1, 0.15) is 0 Å². The fourth-order valence-corrected chi connectivity index (χ4v) is 2.81. The second-order valence-corrected chi connectivity index (χ2v) is 5.98. The van der Waals surface area contributed by atoms with E-state index in [0.717, 1.165) is 12.3 Å². The lowest BCUT2D eigenvalue weighted by molar-refractivity contribution is 0.321. The van der Waals surface area contributed by atoms with Gasteiger partial charge in [-0.3, -0.25) is 0 Å². The third-order valence-corrected chi connectivity index (χ3v) is 3.99. The number of anilines is 1. The molecule has 18 heavy (non-hydrogen) atoms. The van der Waals surface area contributed by atoms with Gasteiger partial charge >= 0.3 is 0 Å². The smallest absolute Gasteiger partial charge is 0.0393 e. The zero-order valence-electron chi connectivity index (χ0n) is 11.9. The molecule has 100 valence electrons. The Morgan fingerprint density at radius 2 is 2.11 bits per heavy atom. The van der Waals surface area contributed by atoms with Gasteiger partial charge in [-0.15, -0.1) is 0 Å². The van der Waals surface area contributed by atoms with Gasteiger partial charge in [-0.25, -0.2) is 0 Å². The lowest BCUT2D eigenvalue weighted by atomic mass is 9.85. The van der Waals surface area contributed by atoms with E-state index in [2.05, 4.69) is 44.0 Å². The molecular formula is C16H26N2. The average molecular weight is 246 g/mol. The molecule has 0 amide bonds. The van der Waals surface area contributed by atoms with Gasteiger partial charge in [-0.2, -0.15) is 0 Å². The van der Waals surface area contributed by atoms with E-state index in [1.54, 1.807) is 0 Å². The van der Waals surface area contributed by atoms with E-state index < -0.39 is 0 Å². The summed E-state index contributed by atoms with van der Waals surface area (Å²) in [5.74, 6) is 0.915. The highest BCUT2D eigenvalue weighted by molar-refractivity contribution is 5.54. The molecule has 0 bridgehead atoms. The number of aryl methyl sites for hydroxylation is 1. The van der Waals surface area contributed by atoms with Crippen molar-refractivity contribution >= 4 is 5.69 Å². The highest BCUT2D eigenvalue weighted by atomic mass is 15.1. The van der Waals surface area contributed by atoms with E-state index in [9.17, 15) is 0 Å². The Kier molecular flexibility index (Phi) is 4.28. The molecule has 0 radical (unpaired) electrons. The largest absolute Gasteiger partial charge is 0.374 e. The number of benzene rings is 1. The summed E-state index contributed by atoms with van der Waals surface area (Å²) in [6.07, 6.45) is 5.20. The van der Waals surface area contributed by atoms with Crippen LogP contribution < -0.4 is 10.6 Å². The second kappa shape index (κ2) is 5.75. The second-order valence-electron chi connectivity index (χ2n) is 5.98. The van der Waals surface area contributed by atoms with Crippen molar-refractivity contribution in [3.05, 3.63) is 29.3 Å². The maximum atomic E-state index is 5.85. The molecule has 0 aromatic heterocycles. The van der Waals surface area contributed by atoms with Crippen LogP contribution in [0.25, 0.3) is 0 Å². The van der Waals surface area contributed by atoms with Crippen molar-refractivity contribution in [2.75, 3.05) is 18.5 Å². The first kappa shape index (κ1) is 13.4. The minimum Gasteiger partial charge on any atom is -0.374 e. The van der Waals surface area contributed by atoms with Crippen LogP contribution in [-0.4, -0.2) is 19.6 Å². The van der Waals surface area contributed by atoms with Crippen molar-refractivity contribution in [1.82, 2.24) is 0 Å². The zero-order chi connectivity index (χ0) is 13.1. The Balaban J connectivity index is 2.03. The lowest BCUT2D eigenvalue weighted by Crippen LogP contribution is -2.29. The van der Waals surface area contributed by atoms with Crippen LogP contribution >= 0.6 is 0 Å². The Hall–Kier alpha value is -1.02. The van der Waals surface area contributed by atoms with E-state index in [1.807, 2.05) is 0 Å². The molecule has 2 N–H and O–H groups in total. The summed E-state index contributed by atoms with van der Waals surface area (Å²) in [6, 6.07) is 7.01. The predicted octanol–water partition coefficient (Wildman–Crippen LogP) is 3.12. The summed E-state index contributed by atoms with van der Waals surface area (Å²) in [7, 11) is 2.21. The van der Waals surface area contributed by atoms with Crippen LogP contribution in [0.2, 0.25) is 0 Å². The molecule has 1 aromatic rings. The maximum absolute atomic E-state index is 5.85. The van der Waals surface area contributed by atoms with Crippen LogP contribution in [-0.2, 0) is 6.42 Å². The van der Waals surface area contributed by atoms with Crippen molar-refractivity contribution in [3.63, 3.8) is 0 Å². The van der Waals surface area contributed by atoms with E-state index in [1.165, 1.54) is 42.6 Å². The Labute approximate surface area is 111 Å². The SMILES string of the molecule is Cc1cc(CC(C)N)ccc1N(C)CC1CCC1. The summed E-state index contributed by atoms with van der Waals surface area (Å²) in [5, 5.41) is 0. The number of nitrogens with two attached hydrogens (primary N) is 1. The van der Waals surface area contributed by atoms with Crippen molar-refractivity contribution < 1.29 is 0 Å². The summed E-state index contributed by atoms with van der Waals surface area (Å²) in [4.78, 5) is 2.41. The molecule has 1 unspecified atom stereocenters. The van der Waals surface area contributed by atoms with E-state index in [-0.39, 0.29) is 6.04 Å². The van der Waals surface area contributed by atoms with Crippen LogP contribution in [0.1, 0.15) is 37.3 Å². The highest BCUT2D eigenvalue weighted by Crippen LogP contribution is 2.29. The predicted molar refractivity (Wildman–Crippen MR) is 79.1 cm³/mol. The van der Waals surface area contributed by atoms with Crippen molar-refractivity contribution in [2.24, 2.45) is 11.7 Å². The van der Waals surface area contributed by atoms with Crippen molar-refractivity contribution in [1.29, 1.82) is 0 Å². The molecule has 2 nitrogen and oxygen atoms in total. The fraction of sp³-hybridized carbons (Fsp3) is 0.625. The molecule has 1 saturated carbocycles. The summed E-state index contributed by atoms with van der Waals surface area (Å²) < 4.78 is 0. The van der Waals surface area contributed by atoms with E-state index >= 15 is 0 Å². The van der Waals surface area contributed by atoms with Gasteiger partial charge in [-0.1, -0.05) is 18.6 Å². The monoisotopic (exact) mass is 246 g/mol. The Morgan fingerprint density at radius 1 is 1.39 bits per heavy atom. The number of rotatable bonds is 5. The van der Waals surface area contributed by atoms with Crippen molar-refractivity contribution in [3.8, 4) is 0 Å². The normalized spacial score (nSPS) is 17.3. The molecular weight excluding hydrogens is 220 g/mol. The molecule has 2 rings (SSSR count). The van der Waals surface area contributed by atoms with Gasteiger partial charge in [0.05, 0.1) is 0 Å². The number of hydrogen-bond acceptors (Lipinski definition) is 2. The standard InChI is InChI=1S/C16H26N2/c1-12-9-15(10-13(2)17)7-8-16(12)18(3)11-14-5-4-6-14/h7-9,13-14H,4-6,10-11,17H2,1-3H3. The van der Waals surface area contributed by atoms with Crippen LogP contribution in [0.15, 0.2) is 18.2 Å². The third kappa shape index (κ3) is 3.26. The van der Waals surface area contributed by atoms with Crippen LogP contribution in [0, 0.1) is 12.8 Å². The molecule has 1 fully saturated rings. The highest BCUT2D eigenvalue weighted by Gasteiger charge is 2.19. The molecule has 0 spiro atoms. The summed E-state index contributed by atoms with van der Waals surface area (Å²) >= 11 is 0. The van der Waals surface area contributed by atoms with Crippen LogP contribution in [0.4, 0.5) is 5.69 Å². The zero-order valence-corrected chi connectivity index (χ0v) is 11.9. The van der Waals surface area contributed by atoms with Crippen LogP contribution in [0.3, 0.4) is 0 Å². The maximum Gasteiger partial charge on any atom is 0.0393 e. The van der Waals surface area contributed by atoms with Crippen LogP contribution in [0.5, 0.6) is 0 Å². The fourth-order valence-electron chi connectivity index (χ4n) is 2.81. The van der Waals surface area contributed by atoms with Gasteiger partial charge < -0.3 is 10.6 Å². The topological polar surface area (TPSA) is 29.3 Å². The quantitative estimate of drug-likeness (QED) is 0.865. The first-order chi connectivity index (χ1) is 8.56. The van der Waals surface area contributed by atoms with Gasteiger partial charge in [0.15, 0.2) is 0 Å². The molecule has 1 atom stereocenters. The first-order valence-corrected chi connectivity index (χ1v) is 7.12. The number of nitrogens with zero attached hydrogens (tertiary/aromatic N) is 1. The third-order valence-electron chi connectivity index (χ3n) is 3.99. The molecule has 1 aliphatic carbocycles. The number of hydrogen-bond donors (Lipinski definition) is 1.